The van der Waals surface area contributed by atoms with Crippen molar-refractivity contribution in [1.29, 1.82) is 0 Å². The fourth-order valence-electron chi connectivity index (χ4n) is 1.95. The van der Waals surface area contributed by atoms with Gasteiger partial charge in [-0.25, -0.2) is 0 Å². The van der Waals surface area contributed by atoms with Gasteiger partial charge in [0.05, 0.1) is 6.10 Å². The summed E-state index contributed by atoms with van der Waals surface area (Å²) < 4.78 is 5.60. The minimum Gasteiger partial charge on any atom is -0.378 e. The Balaban J connectivity index is 1.88. The maximum absolute atomic E-state index is 5.60. The van der Waals surface area contributed by atoms with Gasteiger partial charge in [0.1, 0.15) is 0 Å². The van der Waals surface area contributed by atoms with Crippen LogP contribution in [0.15, 0.2) is 18.3 Å². The molecule has 0 unspecified atom stereocenters. The zero-order chi connectivity index (χ0) is 10.5. The summed E-state index contributed by atoms with van der Waals surface area (Å²) in [7, 11) is 0. The second kappa shape index (κ2) is 5.07. The van der Waals surface area contributed by atoms with Gasteiger partial charge in [-0.05, 0) is 31.9 Å². The predicted molar refractivity (Wildman–Crippen MR) is 58.9 cm³/mol. The fraction of sp³-hybridized carbons (Fsp3) is 0.636. The molecule has 1 aromatic heterocycles. The molecule has 0 radical (unpaired) electrons. The van der Waals surface area contributed by atoms with Gasteiger partial charge in [-0.2, -0.15) is 5.10 Å². The van der Waals surface area contributed by atoms with Crippen molar-refractivity contribution in [3.8, 4) is 0 Å². The molecule has 1 fully saturated rings. The van der Waals surface area contributed by atoms with Gasteiger partial charge in [-0.15, -0.1) is 5.10 Å². The van der Waals surface area contributed by atoms with E-state index in [1.54, 1.807) is 6.20 Å². The van der Waals surface area contributed by atoms with E-state index in [-0.39, 0.29) is 0 Å². The highest BCUT2D eigenvalue weighted by Crippen LogP contribution is 2.18. The summed E-state index contributed by atoms with van der Waals surface area (Å²) in [5, 5.41) is 8.00. The molecule has 0 N–H and O–H groups in total. The third-order valence-corrected chi connectivity index (χ3v) is 2.73. The average Bonchev–Trinajstić information content (AvgIpc) is 2.32. The van der Waals surface area contributed by atoms with E-state index in [9.17, 15) is 0 Å². The van der Waals surface area contributed by atoms with Crippen LogP contribution in [0.1, 0.15) is 19.8 Å². The summed E-state index contributed by atoms with van der Waals surface area (Å²) in [6, 6.07) is 3.94. The minimum absolute atomic E-state index is 0.433. The van der Waals surface area contributed by atoms with Crippen molar-refractivity contribution in [1.82, 2.24) is 10.2 Å². The number of hydrogen-bond acceptors (Lipinski definition) is 4. The first kappa shape index (κ1) is 10.4. The Bertz CT molecular complexity index is 283. The molecule has 0 bridgehead atoms. The Labute approximate surface area is 90.3 Å². The van der Waals surface area contributed by atoms with Crippen LogP contribution in [0.3, 0.4) is 0 Å². The van der Waals surface area contributed by atoms with Crippen molar-refractivity contribution >= 4 is 5.82 Å². The minimum atomic E-state index is 0.433. The Morgan fingerprint density at radius 2 is 2.27 bits per heavy atom. The van der Waals surface area contributed by atoms with E-state index >= 15 is 0 Å². The molecule has 0 atom stereocenters. The molecule has 2 rings (SSSR count). The molecule has 4 nitrogen and oxygen atoms in total. The van der Waals surface area contributed by atoms with Gasteiger partial charge >= 0.3 is 0 Å². The lowest BCUT2D eigenvalue weighted by Gasteiger charge is -2.32. The summed E-state index contributed by atoms with van der Waals surface area (Å²) in [6.45, 7) is 4.90. The highest BCUT2D eigenvalue weighted by atomic mass is 16.5. The van der Waals surface area contributed by atoms with Crippen LogP contribution in [0.2, 0.25) is 0 Å². The van der Waals surface area contributed by atoms with Gasteiger partial charge < -0.3 is 9.64 Å². The molecule has 15 heavy (non-hydrogen) atoms. The van der Waals surface area contributed by atoms with Gasteiger partial charge in [0.25, 0.3) is 0 Å². The Morgan fingerprint density at radius 3 is 2.87 bits per heavy atom. The van der Waals surface area contributed by atoms with E-state index in [4.69, 9.17) is 4.74 Å². The van der Waals surface area contributed by atoms with Crippen molar-refractivity contribution in [3.63, 3.8) is 0 Å². The Hall–Kier alpha value is -1.16. The Morgan fingerprint density at radius 1 is 1.47 bits per heavy atom. The first-order valence-corrected chi connectivity index (χ1v) is 5.54. The normalized spacial score (nSPS) is 18.1. The van der Waals surface area contributed by atoms with Crippen LogP contribution in [0, 0.1) is 0 Å². The molecule has 4 heteroatoms. The number of nitrogens with zero attached hydrogens (tertiary/aromatic N) is 3. The maximum atomic E-state index is 5.60. The van der Waals surface area contributed by atoms with Crippen LogP contribution in [0.25, 0.3) is 0 Å². The second-order valence-corrected chi connectivity index (χ2v) is 3.72. The number of rotatable bonds is 3. The van der Waals surface area contributed by atoms with E-state index in [0.717, 1.165) is 38.4 Å². The lowest BCUT2D eigenvalue weighted by Crippen LogP contribution is -2.37. The van der Waals surface area contributed by atoms with E-state index in [1.807, 2.05) is 12.1 Å². The van der Waals surface area contributed by atoms with E-state index in [2.05, 4.69) is 22.0 Å². The molecule has 1 aromatic rings. The van der Waals surface area contributed by atoms with Crippen LogP contribution in [-0.4, -0.2) is 36.0 Å². The second-order valence-electron chi connectivity index (χ2n) is 3.72. The van der Waals surface area contributed by atoms with E-state index < -0.39 is 0 Å². The largest absolute Gasteiger partial charge is 0.378 e. The quantitative estimate of drug-likeness (QED) is 0.752. The standard InChI is InChI=1S/C11H17N3O/c1-2-15-10-5-8-14(9-6-10)11-4-3-7-12-13-11/h3-4,7,10H,2,5-6,8-9H2,1H3. The Kier molecular flexibility index (Phi) is 3.50. The molecular formula is C11H17N3O. The fourth-order valence-corrected chi connectivity index (χ4v) is 1.95. The van der Waals surface area contributed by atoms with Gasteiger partial charge in [-0.1, -0.05) is 0 Å². The van der Waals surface area contributed by atoms with Gasteiger partial charge in [-0.3, -0.25) is 0 Å². The molecular weight excluding hydrogens is 190 g/mol. The number of piperidine rings is 1. The zero-order valence-electron chi connectivity index (χ0n) is 9.09. The topological polar surface area (TPSA) is 38.2 Å². The smallest absolute Gasteiger partial charge is 0.151 e. The maximum Gasteiger partial charge on any atom is 0.151 e. The van der Waals surface area contributed by atoms with Crippen LogP contribution < -0.4 is 4.90 Å². The first-order chi connectivity index (χ1) is 7.40. The zero-order valence-corrected chi connectivity index (χ0v) is 9.09. The predicted octanol–water partition coefficient (Wildman–Crippen LogP) is 1.48. The summed E-state index contributed by atoms with van der Waals surface area (Å²) in [6.07, 6.45) is 4.31. The third-order valence-electron chi connectivity index (χ3n) is 2.73. The summed E-state index contributed by atoms with van der Waals surface area (Å²) in [5.41, 5.74) is 0. The van der Waals surface area contributed by atoms with Crippen LogP contribution in [0.4, 0.5) is 5.82 Å². The van der Waals surface area contributed by atoms with E-state index in [1.165, 1.54) is 0 Å². The highest BCUT2D eigenvalue weighted by Gasteiger charge is 2.19. The highest BCUT2D eigenvalue weighted by molar-refractivity contribution is 5.36. The number of aromatic nitrogens is 2. The summed E-state index contributed by atoms with van der Waals surface area (Å²) in [4.78, 5) is 2.27. The first-order valence-electron chi connectivity index (χ1n) is 5.54. The number of anilines is 1. The van der Waals surface area contributed by atoms with Crippen LogP contribution in [-0.2, 0) is 4.74 Å². The van der Waals surface area contributed by atoms with Gasteiger partial charge in [0.2, 0.25) is 0 Å². The molecule has 1 saturated heterocycles. The van der Waals surface area contributed by atoms with E-state index in [0.29, 0.717) is 6.10 Å². The molecule has 0 saturated carbocycles. The monoisotopic (exact) mass is 207 g/mol. The SMILES string of the molecule is CCOC1CCN(c2cccnn2)CC1. The summed E-state index contributed by atoms with van der Waals surface area (Å²) in [5.74, 6) is 0.979. The van der Waals surface area contributed by atoms with Crippen LogP contribution in [0.5, 0.6) is 0 Å². The van der Waals surface area contributed by atoms with Crippen molar-refractivity contribution in [2.24, 2.45) is 0 Å². The molecule has 1 aliphatic rings. The average molecular weight is 207 g/mol. The van der Waals surface area contributed by atoms with Crippen molar-refractivity contribution in [2.75, 3.05) is 24.6 Å². The number of hydrogen-bond donors (Lipinski definition) is 0. The third kappa shape index (κ3) is 2.65. The van der Waals surface area contributed by atoms with Gasteiger partial charge in [0.15, 0.2) is 5.82 Å². The van der Waals surface area contributed by atoms with Gasteiger partial charge in [0, 0.05) is 25.9 Å². The van der Waals surface area contributed by atoms with Crippen molar-refractivity contribution in [3.05, 3.63) is 18.3 Å². The van der Waals surface area contributed by atoms with Crippen molar-refractivity contribution < 1.29 is 4.74 Å². The molecule has 1 aliphatic heterocycles. The molecule has 0 spiro atoms. The number of ether oxygens (including phenoxy) is 1. The summed E-state index contributed by atoms with van der Waals surface area (Å²) >= 11 is 0. The molecule has 0 aromatic carbocycles. The van der Waals surface area contributed by atoms with Crippen LogP contribution >= 0.6 is 0 Å². The molecule has 2 heterocycles. The van der Waals surface area contributed by atoms with Crippen molar-refractivity contribution in [2.45, 2.75) is 25.9 Å². The molecule has 0 aliphatic carbocycles. The lowest BCUT2D eigenvalue weighted by molar-refractivity contribution is 0.0458. The molecule has 0 amide bonds. The molecule has 82 valence electrons. The lowest BCUT2D eigenvalue weighted by atomic mass is 10.1.